The molecule has 0 aromatic carbocycles. The normalized spacial score (nSPS) is 13.8. The van der Waals surface area contributed by atoms with E-state index in [1.165, 1.54) is 38.6 Å². The predicted molar refractivity (Wildman–Crippen MR) is 55.3 cm³/mol. The first-order chi connectivity index (χ1) is 5.66. The molecule has 74 valence electrons. The molecule has 0 heterocycles. The summed E-state index contributed by atoms with van der Waals surface area (Å²) in [7, 11) is 4.22. The Bertz CT molecular complexity index is 91.8. The standard InChI is InChI=1S/C10H24N2/c1-4-5-7-10(11)8-6-9-12(2)3/h10H,4-9,11H2,1-3H3. The lowest BCUT2D eigenvalue weighted by Gasteiger charge is -2.13. The molecule has 2 nitrogen and oxygen atoms in total. The Balaban J connectivity index is 3.13. The summed E-state index contributed by atoms with van der Waals surface area (Å²) < 4.78 is 0. The van der Waals surface area contributed by atoms with Gasteiger partial charge in [0.15, 0.2) is 0 Å². The Morgan fingerprint density at radius 3 is 2.25 bits per heavy atom. The zero-order valence-electron chi connectivity index (χ0n) is 8.84. The second-order valence-electron chi connectivity index (χ2n) is 3.85. The molecule has 1 atom stereocenters. The van der Waals surface area contributed by atoms with Crippen LogP contribution in [-0.2, 0) is 0 Å². The number of nitrogens with zero attached hydrogens (tertiary/aromatic N) is 1. The summed E-state index contributed by atoms with van der Waals surface area (Å²) in [6, 6.07) is 0.435. The van der Waals surface area contributed by atoms with Crippen molar-refractivity contribution in [2.75, 3.05) is 20.6 Å². The molecule has 0 aromatic heterocycles. The van der Waals surface area contributed by atoms with Crippen LogP contribution in [0.5, 0.6) is 0 Å². The third kappa shape index (κ3) is 8.02. The lowest BCUT2D eigenvalue weighted by molar-refractivity contribution is 0.380. The van der Waals surface area contributed by atoms with Crippen LogP contribution in [0.1, 0.15) is 39.0 Å². The summed E-state index contributed by atoms with van der Waals surface area (Å²) in [6.07, 6.45) is 6.16. The molecule has 0 amide bonds. The first-order valence-corrected chi connectivity index (χ1v) is 5.07. The zero-order valence-corrected chi connectivity index (χ0v) is 8.84. The van der Waals surface area contributed by atoms with Crippen molar-refractivity contribution >= 4 is 0 Å². The van der Waals surface area contributed by atoms with Gasteiger partial charge in [0.05, 0.1) is 0 Å². The largest absolute Gasteiger partial charge is 0.328 e. The van der Waals surface area contributed by atoms with Gasteiger partial charge in [-0.15, -0.1) is 0 Å². The molecule has 0 radical (unpaired) electrons. The van der Waals surface area contributed by atoms with Crippen molar-refractivity contribution in [3.8, 4) is 0 Å². The summed E-state index contributed by atoms with van der Waals surface area (Å²) in [4.78, 5) is 2.21. The minimum absolute atomic E-state index is 0.435. The molecule has 0 rings (SSSR count). The van der Waals surface area contributed by atoms with Crippen LogP contribution >= 0.6 is 0 Å². The van der Waals surface area contributed by atoms with Crippen LogP contribution in [0.2, 0.25) is 0 Å². The van der Waals surface area contributed by atoms with Crippen LogP contribution in [-0.4, -0.2) is 31.6 Å². The van der Waals surface area contributed by atoms with Crippen molar-refractivity contribution in [2.45, 2.75) is 45.1 Å². The summed E-state index contributed by atoms with van der Waals surface area (Å²) in [5.41, 5.74) is 5.93. The van der Waals surface area contributed by atoms with Crippen molar-refractivity contribution in [1.29, 1.82) is 0 Å². The van der Waals surface area contributed by atoms with E-state index in [0.29, 0.717) is 6.04 Å². The molecule has 0 aliphatic rings. The summed E-state index contributed by atoms with van der Waals surface area (Å²) >= 11 is 0. The Hall–Kier alpha value is -0.0800. The van der Waals surface area contributed by atoms with Gasteiger partial charge in [0.2, 0.25) is 0 Å². The van der Waals surface area contributed by atoms with E-state index in [1.54, 1.807) is 0 Å². The number of hydrogen-bond donors (Lipinski definition) is 1. The van der Waals surface area contributed by atoms with Gasteiger partial charge >= 0.3 is 0 Å². The van der Waals surface area contributed by atoms with E-state index in [-0.39, 0.29) is 0 Å². The van der Waals surface area contributed by atoms with Crippen molar-refractivity contribution < 1.29 is 0 Å². The lowest BCUT2D eigenvalue weighted by Crippen LogP contribution is -2.22. The van der Waals surface area contributed by atoms with Gasteiger partial charge in [-0.05, 0) is 39.9 Å². The number of unbranched alkanes of at least 4 members (excludes halogenated alkanes) is 1. The SMILES string of the molecule is CCCCC(N)CCCN(C)C. The van der Waals surface area contributed by atoms with Crippen LogP contribution in [0.25, 0.3) is 0 Å². The molecule has 0 bridgehead atoms. The highest BCUT2D eigenvalue weighted by atomic mass is 15.0. The Labute approximate surface area is 77.1 Å². The van der Waals surface area contributed by atoms with E-state index < -0.39 is 0 Å². The lowest BCUT2D eigenvalue weighted by atomic mass is 10.1. The number of rotatable bonds is 7. The third-order valence-electron chi connectivity index (χ3n) is 2.11. The Morgan fingerprint density at radius 2 is 1.75 bits per heavy atom. The second kappa shape index (κ2) is 7.56. The molecule has 0 spiro atoms. The molecular formula is C10H24N2. The minimum Gasteiger partial charge on any atom is -0.328 e. The molecule has 0 aliphatic heterocycles. The maximum atomic E-state index is 5.93. The average Bonchev–Trinajstić information content (AvgIpc) is 2.00. The van der Waals surface area contributed by atoms with Crippen LogP contribution < -0.4 is 5.73 Å². The Morgan fingerprint density at radius 1 is 1.17 bits per heavy atom. The molecule has 2 heteroatoms. The molecular weight excluding hydrogens is 148 g/mol. The predicted octanol–water partition coefficient (Wildman–Crippen LogP) is 1.85. The van der Waals surface area contributed by atoms with Gasteiger partial charge in [-0.2, -0.15) is 0 Å². The fourth-order valence-electron chi connectivity index (χ4n) is 1.28. The molecule has 12 heavy (non-hydrogen) atoms. The van der Waals surface area contributed by atoms with Crippen LogP contribution in [0.4, 0.5) is 0 Å². The van der Waals surface area contributed by atoms with E-state index in [9.17, 15) is 0 Å². The third-order valence-corrected chi connectivity index (χ3v) is 2.11. The summed E-state index contributed by atoms with van der Waals surface area (Å²) in [6.45, 7) is 3.38. The van der Waals surface area contributed by atoms with Crippen molar-refractivity contribution in [3.05, 3.63) is 0 Å². The highest BCUT2D eigenvalue weighted by Crippen LogP contribution is 2.04. The molecule has 1 unspecified atom stereocenters. The molecule has 2 N–H and O–H groups in total. The van der Waals surface area contributed by atoms with Gasteiger partial charge in [0.25, 0.3) is 0 Å². The quantitative estimate of drug-likeness (QED) is 0.635. The van der Waals surface area contributed by atoms with Crippen LogP contribution in [0, 0.1) is 0 Å². The molecule has 0 fully saturated rings. The van der Waals surface area contributed by atoms with Gasteiger partial charge < -0.3 is 10.6 Å². The molecule has 0 aliphatic carbocycles. The summed E-state index contributed by atoms with van der Waals surface area (Å²) in [5.74, 6) is 0. The smallest absolute Gasteiger partial charge is 0.00393 e. The Kier molecular flexibility index (Phi) is 7.51. The topological polar surface area (TPSA) is 29.3 Å². The summed E-state index contributed by atoms with van der Waals surface area (Å²) in [5, 5.41) is 0. The molecule has 0 saturated heterocycles. The maximum Gasteiger partial charge on any atom is 0.00393 e. The minimum atomic E-state index is 0.435. The van der Waals surface area contributed by atoms with E-state index in [2.05, 4.69) is 25.9 Å². The maximum absolute atomic E-state index is 5.93. The average molecular weight is 172 g/mol. The fourth-order valence-corrected chi connectivity index (χ4v) is 1.28. The monoisotopic (exact) mass is 172 g/mol. The second-order valence-corrected chi connectivity index (χ2v) is 3.85. The van der Waals surface area contributed by atoms with Gasteiger partial charge in [0, 0.05) is 6.04 Å². The number of hydrogen-bond acceptors (Lipinski definition) is 2. The van der Waals surface area contributed by atoms with Gasteiger partial charge in [-0.3, -0.25) is 0 Å². The van der Waals surface area contributed by atoms with E-state index in [0.717, 1.165) is 0 Å². The first kappa shape index (κ1) is 11.9. The first-order valence-electron chi connectivity index (χ1n) is 5.07. The fraction of sp³-hybridized carbons (Fsp3) is 1.00. The molecule has 0 aromatic rings. The van der Waals surface area contributed by atoms with Crippen molar-refractivity contribution in [2.24, 2.45) is 5.73 Å². The van der Waals surface area contributed by atoms with Crippen molar-refractivity contribution in [1.82, 2.24) is 4.90 Å². The van der Waals surface area contributed by atoms with E-state index >= 15 is 0 Å². The highest BCUT2D eigenvalue weighted by molar-refractivity contribution is 4.61. The van der Waals surface area contributed by atoms with E-state index in [1.807, 2.05) is 0 Å². The van der Waals surface area contributed by atoms with Gasteiger partial charge in [-0.1, -0.05) is 19.8 Å². The molecule has 0 saturated carbocycles. The van der Waals surface area contributed by atoms with Crippen LogP contribution in [0.3, 0.4) is 0 Å². The van der Waals surface area contributed by atoms with Gasteiger partial charge in [0.1, 0.15) is 0 Å². The van der Waals surface area contributed by atoms with E-state index in [4.69, 9.17) is 5.73 Å². The number of nitrogens with two attached hydrogens (primary N) is 1. The highest BCUT2D eigenvalue weighted by Gasteiger charge is 2.01. The zero-order chi connectivity index (χ0) is 9.40. The van der Waals surface area contributed by atoms with Crippen LogP contribution in [0.15, 0.2) is 0 Å². The van der Waals surface area contributed by atoms with Gasteiger partial charge in [-0.25, -0.2) is 0 Å². The van der Waals surface area contributed by atoms with Crippen molar-refractivity contribution in [3.63, 3.8) is 0 Å².